The van der Waals surface area contributed by atoms with Crippen LogP contribution in [-0.4, -0.2) is 35.6 Å². The van der Waals surface area contributed by atoms with E-state index in [1.165, 1.54) is 0 Å². The van der Waals surface area contributed by atoms with Crippen molar-refractivity contribution in [3.63, 3.8) is 0 Å². The van der Waals surface area contributed by atoms with Crippen molar-refractivity contribution < 1.29 is 13.2 Å². The van der Waals surface area contributed by atoms with Gasteiger partial charge in [-0.1, -0.05) is 0 Å². The Morgan fingerprint density at radius 2 is 2.15 bits per heavy atom. The molecule has 112 valence electrons. The molecule has 2 unspecified atom stereocenters. The van der Waals surface area contributed by atoms with E-state index in [9.17, 15) is 13.2 Å². The van der Waals surface area contributed by atoms with Crippen LogP contribution in [0.5, 0.6) is 0 Å². The quantitative estimate of drug-likeness (QED) is 0.878. The average molecular weight is 288 g/mol. The number of nitrogens with one attached hydrogen (secondary N) is 1. The van der Waals surface area contributed by atoms with Crippen LogP contribution in [0.25, 0.3) is 0 Å². The maximum atomic E-state index is 12.7. The van der Waals surface area contributed by atoms with Crippen LogP contribution in [0.2, 0.25) is 0 Å². The summed E-state index contributed by atoms with van der Waals surface area (Å²) in [5, 5.41) is 3.12. The molecule has 1 aliphatic rings. The summed E-state index contributed by atoms with van der Waals surface area (Å²) in [5.41, 5.74) is 5.34. The Hall–Kier alpha value is -1.50. The van der Waals surface area contributed by atoms with Crippen molar-refractivity contribution >= 4 is 11.4 Å². The van der Waals surface area contributed by atoms with Gasteiger partial charge in [0.1, 0.15) is 5.69 Å². The SMILES string of the molecule is CC1CC(Nc2cc(C(F)(F)F)ncc2N)CCN1C. The molecule has 4 nitrogen and oxygen atoms in total. The van der Waals surface area contributed by atoms with E-state index in [0.717, 1.165) is 31.6 Å². The van der Waals surface area contributed by atoms with E-state index in [0.29, 0.717) is 11.7 Å². The molecule has 0 saturated carbocycles. The Labute approximate surface area is 116 Å². The first-order valence-corrected chi connectivity index (χ1v) is 6.57. The zero-order valence-electron chi connectivity index (χ0n) is 11.5. The Kier molecular flexibility index (Phi) is 4.08. The fourth-order valence-electron chi connectivity index (χ4n) is 2.39. The summed E-state index contributed by atoms with van der Waals surface area (Å²) < 4.78 is 38.0. The first kappa shape index (κ1) is 14.9. The van der Waals surface area contributed by atoms with Crippen molar-refractivity contribution in [1.29, 1.82) is 0 Å². The third-order valence-corrected chi connectivity index (χ3v) is 3.79. The van der Waals surface area contributed by atoms with Crippen molar-refractivity contribution in [2.45, 2.75) is 38.0 Å². The molecule has 7 heteroatoms. The van der Waals surface area contributed by atoms with Crippen molar-refractivity contribution in [2.75, 3.05) is 24.6 Å². The van der Waals surface area contributed by atoms with Gasteiger partial charge in [0.05, 0.1) is 17.6 Å². The number of nitrogens with zero attached hydrogens (tertiary/aromatic N) is 2. The molecule has 0 bridgehead atoms. The molecule has 2 atom stereocenters. The van der Waals surface area contributed by atoms with E-state index < -0.39 is 11.9 Å². The predicted molar refractivity (Wildman–Crippen MR) is 72.4 cm³/mol. The molecule has 0 spiro atoms. The second-order valence-corrected chi connectivity index (χ2v) is 5.35. The number of anilines is 2. The summed E-state index contributed by atoms with van der Waals surface area (Å²) in [4.78, 5) is 5.56. The van der Waals surface area contributed by atoms with Crippen LogP contribution in [0.3, 0.4) is 0 Å². The minimum atomic E-state index is -4.45. The lowest BCUT2D eigenvalue weighted by molar-refractivity contribution is -0.141. The summed E-state index contributed by atoms with van der Waals surface area (Å²) in [7, 11) is 2.05. The lowest BCUT2D eigenvalue weighted by Crippen LogP contribution is -2.42. The molecule has 1 aromatic heterocycles. The van der Waals surface area contributed by atoms with Crippen molar-refractivity contribution in [2.24, 2.45) is 0 Å². The summed E-state index contributed by atoms with van der Waals surface area (Å²) in [6, 6.07) is 1.51. The maximum Gasteiger partial charge on any atom is 0.433 e. The van der Waals surface area contributed by atoms with E-state index >= 15 is 0 Å². The van der Waals surface area contributed by atoms with Crippen LogP contribution in [0, 0.1) is 0 Å². The third kappa shape index (κ3) is 3.33. The molecule has 0 amide bonds. The van der Waals surface area contributed by atoms with Crippen LogP contribution in [0.4, 0.5) is 24.5 Å². The number of aromatic nitrogens is 1. The molecule has 0 aliphatic carbocycles. The van der Waals surface area contributed by atoms with E-state index in [1.54, 1.807) is 0 Å². The van der Waals surface area contributed by atoms with Crippen molar-refractivity contribution in [3.05, 3.63) is 18.0 Å². The largest absolute Gasteiger partial charge is 0.433 e. The number of hydrogen-bond acceptors (Lipinski definition) is 4. The number of pyridine rings is 1. The summed E-state index contributed by atoms with van der Waals surface area (Å²) >= 11 is 0. The standard InChI is InChI=1S/C13H19F3N4/c1-8-5-9(3-4-20(8)2)19-11-6-12(13(14,15)16)18-7-10(11)17/h6-9H,3-5,17H2,1-2H3,(H,18,19). The first-order chi connectivity index (χ1) is 9.27. The van der Waals surface area contributed by atoms with E-state index in [2.05, 4.69) is 22.1 Å². The van der Waals surface area contributed by atoms with Gasteiger partial charge < -0.3 is 16.0 Å². The highest BCUT2D eigenvalue weighted by atomic mass is 19.4. The van der Waals surface area contributed by atoms with Gasteiger partial charge in [-0.05, 0) is 32.9 Å². The molecule has 20 heavy (non-hydrogen) atoms. The van der Waals surface area contributed by atoms with Gasteiger partial charge in [0.25, 0.3) is 0 Å². The van der Waals surface area contributed by atoms with Gasteiger partial charge in [0.2, 0.25) is 0 Å². The number of piperidine rings is 1. The highest BCUT2D eigenvalue weighted by molar-refractivity contribution is 5.65. The highest BCUT2D eigenvalue weighted by Gasteiger charge is 2.33. The molecule has 0 aromatic carbocycles. The summed E-state index contributed by atoms with van der Waals surface area (Å²) in [6.07, 6.45) is -1.64. The number of hydrogen-bond donors (Lipinski definition) is 2. The minimum absolute atomic E-state index is 0.131. The normalized spacial score (nSPS) is 24.6. The molecular weight excluding hydrogens is 269 g/mol. The molecule has 1 fully saturated rings. The van der Waals surface area contributed by atoms with Gasteiger partial charge in [-0.15, -0.1) is 0 Å². The fraction of sp³-hybridized carbons (Fsp3) is 0.615. The van der Waals surface area contributed by atoms with Gasteiger partial charge in [-0.25, -0.2) is 4.98 Å². The number of nitrogen functional groups attached to an aromatic ring is 1. The van der Waals surface area contributed by atoms with Crippen LogP contribution in [0.15, 0.2) is 12.3 Å². The molecule has 1 aliphatic heterocycles. The molecule has 0 radical (unpaired) electrons. The Balaban J connectivity index is 2.13. The molecule has 2 heterocycles. The van der Waals surface area contributed by atoms with Crippen LogP contribution in [-0.2, 0) is 6.18 Å². The lowest BCUT2D eigenvalue weighted by Gasteiger charge is -2.36. The second kappa shape index (κ2) is 5.47. The molecule has 1 aromatic rings. The monoisotopic (exact) mass is 288 g/mol. The van der Waals surface area contributed by atoms with Crippen LogP contribution in [0.1, 0.15) is 25.5 Å². The average Bonchev–Trinajstić information content (AvgIpc) is 2.35. The van der Waals surface area contributed by atoms with Crippen LogP contribution < -0.4 is 11.1 Å². The molecular formula is C13H19F3N4. The number of nitrogens with two attached hydrogens (primary N) is 1. The van der Waals surface area contributed by atoms with Crippen molar-refractivity contribution in [1.82, 2.24) is 9.88 Å². The summed E-state index contributed by atoms with van der Waals surface area (Å²) in [6.45, 7) is 3.01. The van der Waals surface area contributed by atoms with Gasteiger partial charge >= 0.3 is 6.18 Å². The Morgan fingerprint density at radius 1 is 1.45 bits per heavy atom. The Morgan fingerprint density at radius 3 is 2.75 bits per heavy atom. The zero-order valence-corrected chi connectivity index (χ0v) is 11.5. The summed E-state index contributed by atoms with van der Waals surface area (Å²) in [5.74, 6) is 0. The predicted octanol–water partition coefficient (Wildman–Crippen LogP) is 2.58. The van der Waals surface area contributed by atoms with Crippen molar-refractivity contribution in [3.8, 4) is 0 Å². The third-order valence-electron chi connectivity index (χ3n) is 3.79. The fourth-order valence-corrected chi connectivity index (χ4v) is 2.39. The lowest BCUT2D eigenvalue weighted by atomic mass is 9.98. The number of likely N-dealkylation sites (tertiary alicyclic amines) is 1. The van der Waals surface area contributed by atoms with E-state index in [1.807, 2.05) is 7.05 Å². The van der Waals surface area contributed by atoms with Gasteiger partial charge in [0.15, 0.2) is 0 Å². The minimum Gasteiger partial charge on any atom is -0.396 e. The molecule has 2 rings (SSSR count). The van der Waals surface area contributed by atoms with E-state index in [4.69, 9.17) is 5.73 Å². The zero-order chi connectivity index (χ0) is 14.9. The topological polar surface area (TPSA) is 54.2 Å². The van der Waals surface area contributed by atoms with Gasteiger partial charge in [0, 0.05) is 18.6 Å². The number of alkyl halides is 3. The van der Waals surface area contributed by atoms with Crippen LogP contribution >= 0.6 is 0 Å². The van der Waals surface area contributed by atoms with Gasteiger partial charge in [-0.2, -0.15) is 13.2 Å². The second-order valence-electron chi connectivity index (χ2n) is 5.35. The van der Waals surface area contributed by atoms with Gasteiger partial charge in [-0.3, -0.25) is 0 Å². The maximum absolute atomic E-state index is 12.7. The first-order valence-electron chi connectivity index (χ1n) is 6.57. The highest BCUT2D eigenvalue weighted by Crippen LogP contribution is 2.32. The molecule has 1 saturated heterocycles. The molecule has 3 N–H and O–H groups in total. The smallest absolute Gasteiger partial charge is 0.396 e. The number of halogens is 3. The van der Waals surface area contributed by atoms with E-state index in [-0.39, 0.29) is 11.7 Å². The number of rotatable bonds is 2. The Bertz CT molecular complexity index is 475.